The van der Waals surface area contributed by atoms with Gasteiger partial charge in [-0.1, -0.05) is 49.6 Å². The van der Waals surface area contributed by atoms with Gasteiger partial charge in [0.1, 0.15) is 0 Å². The molecule has 194 valence electrons. The first kappa shape index (κ1) is 25.2. The van der Waals surface area contributed by atoms with Crippen LogP contribution in [0, 0.1) is 0 Å². The maximum Gasteiger partial charge on any atom is 0.238 e. The van der Waals surface area contributed by atoms with E-state index in [4.69, 9.17) is 0 Å². The van der Waals surface area contributed by atoms with Crippen molar-refractivity contribution in [2.45, 2.75) is 75.7 Å². The minimum Gasteiger partial charge on any atom is -0.348 e. The van der Waals surface area contributed by atoms with Crippen LogP contribution in [0.5, 0.6) is 0 Å². The van der Waals surface area contributed by atoms with Crippen LogP contribution in [-0.4, -0.2) is 66.9 Å². The van der Waals surface area contributed by atoms with Gasteiger partial charge in [-0.2, -0.15) is 0 Å². The zero-order valence-electron chi connectivity index (χ0n) is 21.6. The van der Waals surface area contributed by atoms with Crippen molar-refractivity contribution in [3.8, 4) is 0 Å². The Morgan fingerprint density at radius 1 is 0.806 bits per heavy atom. The van der Waals surface area contributed by atoms with Gasteiger partial charge in [-0.25, -0.2) is 0 Å². The van der Waals surface area contributed by atoms with Crippen LogP contribution in [0.4, 0.5) is 5.69 Å². The molecule has 2 amide bonds. The van der Waals surface area contributed by atoms with Crippen LogP contribution < -0.4 is 10.6 Å². The molecule has 3 fully saturated rings. The first-order chi connectivity index (χ1) is 17.6. The van der Waals surface area contributed by atoms with Crippen LogP contribution in [0.15, 0.2) is 48.1 Å². The lowest BCUT2D eigenvalue weighted by atomic mass is 9.64. The molecule has 1 aromatic carbocycles. The molecule has 2 aliphatic carbocycles. The van der Waals surface area contributed by atoms with Gasteiger partial charge in [-0.15, -0.1) is 0 Å². The summed E-state index contributed by atoms with van der Waals surface area (Å²) in [4.78, 5) is 29.4. The Morgan fingerprint density at radius 2 is 1.42 bits per heavy atom. The van der Waals surface area contributed by atoms with E-state index in [1.807, 2.05) is 0 Å². The molecule has 1 saturated carbocycles. The SMILES string of the molecule is O=C(CN1CCCC1)Nc1ccc(C2(C3=CCC(NC(=O)CN4CCCC4)C=C3)CCCCC2)cc1. The third-order valence-electron chi connectivity index (χ3n) is 8.56. The van der Waals surface area contributed by atoms with Gasteiger partial charge in [-0.3, -0.25) is 19.4 Å². The molecule has 4 aliphatic rings. The van der Waals surface area contributed by atoms with Crippen molar-refractivity contribution in [3.63, 3.8) is 0 Å². The maximum absolute atomic E-state index is 12.5. The number of hydrogen-bond acceptors (Lipinski definition) is 4. The molecule has 2 saturated heterocycles. The molecular weight excluding hydrogens is 448 g/mol. The molecule has 2 aliphatic heterocycles. The number of rotatable bonds is 8. The van der Waals surface area contributed by atoms with Gasteiger partial charge in [0.2, 0.25) is 11.8 Å². The van der Waals surface area contributed by atoms with Crippen LogP contribution in [0.2, 0.25) is 0 Å². The summed E-state index contributed by atoms with van der Waals surface area (Å²) < 4.78 is 0. The Labute approximate surface area is 216 Å². The number of anilines is 1. The summed E-state index contributed by atoms with van der Waals surface area (Å²) >= 11 is 0. The lowest BCUT2D eigenvalue weighted by molar-refractivity contribution is -0.122. The van der Waals surface area contributed by atoms with Crippen LogP contribution >= 0.6 is 0 Å². The largest absolute Gasteiger partial charge is 0.348 e. The third kappa shape index (κ3) is 6.09. The van der Waals surface area contributed by atoms with E-state index < -0.39 is 0 Å². The average molecular weight is 491 g/mol. The van der Waals surface area contributed by atoms with Crippen LogP contribution in [0.3, 0.4) is 0 Å². The van der Waals surface area contributed by atoms with E-state index in [2.05, 4.69) is 62.9 Å². The van der Waals surface area contributed by atoms with E-state index in [0.717, 1.165) is 51.1 Å². The highest BCUT2D eigenvalue weighted by molar-refractivity contribution is 5.92. The second-order valence-electron chi connectivity index (χ2n) is 11.2. The fraction of sp³-hybridized carbons (Fsp3) is 0.600. The van der Waals surface area contributed by atoms with Gasteiger partial charge < -0.3 is 10.6 Å². The minimum absolute atomic E-state index is 0.0252. The zero-order valence-corrected chi connectivity index (χ0v) is 21.6. The predicted octanol–water partition coefficient (Wildman–Crippen LogP) is 4.39. The quantitative estimate of drug-likeness (QED) is 0.567. The molecule has 0 radical (unpaired) electrons. The molecule has 0 spiro atoms. The van der Waals surface area contributed by atoms with Crippen molar-refractivity contribution in [2.75, 3.05) is 44.6 Å². The Bertz CT molecular complexity index is 965. The first-order valence-corrected chi connectivity index (χ1v) is 14.1. The predicted molar refractivity (Wildman–Crippen MR) is 145 cm³/mol. The summed E-state index contributed by atoms with van der Waals surface area (Å²) in [7, 11) is 0. The summed E-state index contributed by atoms with van der Waals surface area (Å²) in [5.41, 5.74) is 3.63. The number of allylic oxidation sites excluding steroid dienone is 2. The fourth-order valence-corrected chi connectivity index (χ4v) is 6.59. The van der Waals surface area contributed by atoms with Gasteiger partial charge in [-0.05, 0) is 94.4 Å². The fourth-order valence-electron chi connectivity index (χ4n) is 6.59. The summed E-state index contributed by atoms with van der Waals surface area (Å²) in [6, 6.07) is 8.66. The van der Waals surface area contributed by atoms with Crippen molar-refractivity contribution in [1.82, 2.24) is 15.1 Å². The molecule has 1 aromatic rings. The van der Waals surface area contributed by atoms with Crippen molar-refractivity contribution < 1.29 is 9.59 Å². The van der Waals surface area contributed by atoms with Gasteiger partial charge in [0.05, 0.1) is 19.1 Å². The van der Waals surface area contributed by atoms with Crippen LogP contribution in [0.25, 0.3) is 0 Å². The summed E-state index contributed by atoms with van der Waals surface area (Å²) in [5, 5.41) is 6.30. The van der Waals surface area contributed by atoms with Crippen molar-refractivity contribution in [1.29, 1.82) is 0 Å². The number of likely N-dealkylation sites (tertiary alicyclic amines) is 2. The zero-order chi connectivity index (χ0) is 24.8. The highest BCUT2D eigenvalue weighted by atomic mass is 16.2. The molecular formula is C30H42N4O2. The number of nitrogens with one attached hydrogen (secondary N) is 2. The first-order valence-electron chi connectivity index (χ1n) is 14.1. The summed E-state index contributed by atoms with van der Waals surface area (Å²) in [6.45, 7) is 5.15. The number of benzene rings is 1. The minimum atomic E-state index is 0.0252. The normalized spacial score (nSPS) is 24.4. The van der Waals surface area contributed by atoms with E-state index >= 15 is 0 Å². The van der Waals surface area contributed by atoms with Crippen LogP contribution in [0.1, 0.15) is 69.8 Å². The molecule has 6 nitrogen and oxygen atoms in total. The van der Waals surface area contributed by atoms with Crippen molar-refractivity contribution in [3.05, 3.63) is 53.6 Å². The Hall–Kier alpha value is -2.44. The van der Waals surface area contributed by atoms with Crippen molar-refractivity contribution in [2.24, 2.45) is 0 Å². The maximum atomic E-state index is 12.5. The highest BCUT2D eigenvalue weighted by Crippen LogP contribution is 2.46. The van der Waals surface area contributed by atoms with E-state index in [1.54, 1.807) is 0 Å². The number of carbonyl (C=O) groups is 2. The van der Waals surface area contributed by atoms with Gasteiger partial charge in [0, 0.05) is 11.1 Å². The molecule has 0 bridgehead atoms. The van der Waals surface area contributed by atoms with Crippen LogP contribution in [-0.2, 0) is 15.0 Å². The van der Waals surface area contributed by atoms with Crippen molar-refractivity contribution >= 4 is 17.5 Å². The molecule has 0 aromatic heterocycles. The van der Waals surface area contributed by atoms with E-state index in [0.29, 0.717) is 13.1 Å². The Kier molecular flexibility index (Phi) is 8.22. The van der Waals surface area contributed by atoms with Gasteiger partial charge in [0.15, 0.2) is 0 Å². The highest BCUT2D eigenvalue weighted by Gasteiger charge is 2.37. The lowest BCUT2D eigenvalue weighted by Crippen LogP contribution is -2.41. The third-order valence-corrected chi connectivity index (χ3v) is 8.56. The number of nitrogens with zero attached hydrogens (tertiary/aromatic N) is 2. The van der Waals surface area contributed by atoms with Gasteiger partial charge >= 0.3 is 0 Å². The number of amides is 2. The molecule has 5 rings (SSSR count). The number of hydrogen-bond donors (Lipinski definition) is 2. The smallest absolute Gasteiger partial charge is 0.238 e. The Balaban J connectivity index is 1.22. The number of carbonyl (C=O) groups excluding carboxylic acids is 2. The summed E-state index contributed by atoms with van der Waals surface area (Å²) in [5.74, 6) is 0.214. The molecule has 1 unspecified atom stereocenters. The summed E-state index contributed by atoms with van der Waals surface area (Å²) in [6.07, 6.45) is 18.5. The molecule has 1 atom stereocenters. The average Bonchev–Trinajstić information content (AvgIpc) is 3.60. The molecule has 6 heteroatoms. The second-order valence-corrected chi connectivity index (χ2v) is 11.2. The second kappa shape index (κ2) is 11.7. The van der Waals surface area contributed by atoms with E-state index in [1.165, 1.54) is 56.1 Å². The lowest BCUT2D eigenvalue weighted by Gasteiger charge is -2.40. The standard InChI is InChI=1S/C30H42N4O2/c35-28(22-33-18-4-5-19-33)31-26-12-8-24(9-13-26)30(16-2-1-3-17-30)25-10-14-27(15-11-25)32-29(36)23-34-20-6-7-21-34/h8-14,27H,1-7,15-23H2,(H,31,35)(H,32,36). The molecule has 36 heavy (non-hydrogen) atoms. The molecule has 2 heterocycles. The monoisotopic (exact) mass is 490 g/mol. The topological polar surface area (TPSA) is 64.7 Å². The molecule has 2 N–H and O–H groups in total. The van der Waals surface area contributed by atoms with E-state index in [9.17, 15) is 9.59 Å². The van der Waals surface area contributed by atoms with E-state index in [-0.39, 0.29) is 23.3 Å². The van der Waals surface area contributed by atoms with Gasteiger partial charge in [0.25, 0.3) is 0 Å². The Morgan fingerprint density at radius 3 is 2.00 bits per heavy atom.